The highest BCUT2D eigenvalue weighted by atomic mass is 19.1. The number of likely N-dealkylation sites (N-methyl/N-ethyl adjacent to an activating group) is 1. The highest BCUT2D eigenvalue weighted by Crippen LogP contribution is 2.23. The Morgan fingerprint density at radius 1 is 1.22 bits per heavy atom. The number of pyridine rings is 1. The van der Waals surface area contributed by atoms with Crippen molar-refractivity contribution in [2.24, 2.45) is 0 Å². The Labute approximate surface area is 190 Å². The summed E-state index contributed by atoms with van der Waals surface area (Å²) in [5.41, 5.74) is 1.34. The van der Waals surface area contributed by atoms with Crippen LogP contribution >= 0.6 is 0 Å². The molecule has 2 rings (SSSR count). The van der Waals surface area contributed by atoms with Crippen LogP contribution in [0.5, 0.6) is 5.75 Å². The molecule has 0 spiro atoms. The zero-order valence-electron chi connectivity index (χ0n) is 19.1. The number of ether oxygens (including phenoxy) is 1. The van der Waals surface area contributed by atoms with E-state index in [-0.39, 0.29) is 17.3 Å². The Kier molecular flexibility index (Phi) is 10.8. The lowest BCUT2D eigenvalue weighted by atomic mass is 10.0. The smallest absolute Gasteiger partial charge is 0.213 e. The Morgan fingerprint density at radius 3 is 2.53 bits per heavy atom. The van der Waals surface area contributed by atoms with Crippen LogP contribution in [0.2, 0.25) is 0 Å². The highest BCUT2D eigenvalue weighted by molar-refractivity contribution is 5.55. The van der Waals surface area contributed by atoms with Crippen molar-refractivity contribution in [2.75, 3.05) is 26.2 Å². The standard InChI is InChI=1S/C25H33FN4O2/c1-4-8-23(19-11-13-22(14-12-19)32-16-15-30(5-2)6-3)29-25(31)20(18-27)17-21-9-7-10-24(26)28-21/h7,9-14,17,23,25,29,31H,4-6,8,15-16H2,1-3H3/b20-17+. The van der Waals surface area contributed by atoms with E-state index in [4.69, 9.17) is 4.74 Å². The van der Waals surface area contributed by atoms with E-state index in [0.29, 0.717) is 6.61 Å². The van der Waals surface area contributed by atoms with E-state index in [1.54, 1.807) is 6.07 Å². The summed E-state index contributed by atoms with van der Waals surface area (Å²) < 4.78 is 19.2. The van der Waals surface area contributed by atoms with E-state index in [2.05, 4.69) is 36.0 Å². The molecular weight excluding hydrogens is 407 g/mol. The van der Waals surface area contributed by atoms with E-state index in [1.165, 1.54) is 18.2 Å². The van der Waals surface area contributed by atoms with Gasteiger partial charge in [-0.1, -0.05) is 45.4 Å². The Morgan fingerprint density at radius 2 is 1.94 bits per heavy atom. The van der Waals surface area contributed by atoms with Crippen LogP contribution in [0.4, 0.5) is 4.39 Å². The molecule has 0 saturated heterocycles. The summed E-state index contributed by atoms with van der Waals surface area (Å²) in [7, 11) is 0. The number of nitrogens with zero attached hydrogens (tertiary/aromatic N) is 3. The van der Waals surface area contributed by atoms with Crippen LogP contribution in [0.25, 0.3) is 6.08 Å². The number of aliphatic hydroxyl groups is 1. The summed E-state index contributed by atoms with van der Waals surface area (Å²) >= 11 is 0. The van der Waals surface area contributed by atoms with Crippen molar-refractivity contribution in [3.8, 4) is 11.8 Å². The van der Waals surface area contributed by atoms with Gasteiger partial charge in [-0.2, -0.15) is 9.65 Å². The van der Waals surface area contributed by atoms with Crippen molar-refractivity contribution < 1.29 is 14.2 Å². The molecule has 0 aliphatic rings. The van der Waals surface area contributed by atoms with Crippen molar-refractivity contribution in [1.29, 1.82) is 5.26 Å². The van der Waals surface area contributed by atoms with E-state index in [0.717, 1.165) is 43.8 Å². The lowest BCUT2D eigenvalue weighted by Crippen LogP contribution is -2.34. The van der Waals surface area contributed by atoms with E-state index < -0.39 is 12.2 Å². The third kappa shape index (κ3) is 8.04. The third-order valence-electron chi connectivity index (χ3n) is 5.25. The molecule has 1 aromatic carbocycles. The fraction of sp³-hybridized carbons (Fsp3) is 0.440. The average Bonchev–Trinajstić information content (AvgIpc) is 2.80. The first-order chi connectivity index (χ1) is 15.5. The van der Waals surface area contributed by atoms with Crippen molar-refractivity contribution in [3.63, 3.8) is 0 Å². The van der Waals surface area contributed by atoms with Crippen LogP contribution in [0, 0.1) is 17.3 Å². The summed E-state index contributed by atoms with van der Waals surface area (Å²) in [6, 6.07) is 13.9. The molecule has 172 valence electrons. The number of hydrogen-bond donors (Lipinski definition) is 2. The second kappa shape index (κ2) is 13.6. The lowest BCUT2D eigenvalue weighted by Gasteiger charge is -2.23. The van der Waals surface area contributed by atoms with Gasteiger partial charge in [0, 0.05) is 12.6 Å². The number of aromatic nitrogens is 1. The van der Waals surface area contributed by atoms with Crippen LogP contribution in [0.1, 0.15) is 50.9 Å². The first-order valence-corrected chi connectivity index (χ1v) is 11.1. The molecule has 1 heterocycles. The first-order valence-electron chi connectivity index (χ1n) is 11.1. The van der Waals surface area contributed by atoms with Gasteiger partial charge < -0.3 is 14.7 Å². The molecule has 0 amide bonds. The SMILES string of the molecule is CCCC(NC(O)/C(C#N)=C/c1cccc(F)n1)c1ccc(OCCN(CC)CC)cc1. The highest BCUT2D eigenvalue weighted by Gasteiger charge is 2.18. The predicted molar refractivity (Wildman–Crippen MR) is 124 cm³/mol. The minimum absolute atomic E-state index is 0.0700. The number of rotatable bonds is 13. The molecular formula is C25H33FN4O2. The van der Waals surface area contributed by atoms with Crippen molar-refractivity contribution in [3.05, 3.63) is 65.2 Å². The molecule has 7 heteroatoms. The van der Waals surface area contributed by atoms with Gasteiger partial charge in [0.25, 0.3) is 0 Å². The van der Waals surface area contributed by atoms with Gasteiger partial charge in [-0.3, -0.25) is 5.32 Å². The Bertz CT molecular complexity index is 892. The predicted octanol–water partition coefficient (Wildman–Crippen LogP) is 4.30. The van der Waals surface area contributed by atoms with Crippen LogP contribution in [-0.4, -0.2) is 47.5 Å². The quantitative estimate of drug-likeness (QED) is 0.275. The molecule has 0 radical (unpaired) electrons. The number of halogens is 1. The van der Waals surface area contributed by atoms with Crippen molar-refractivity contribution in [2.45, 2.75) is 45.9 Å². The fourth-order valence-electron chi connectivity index (χ4n) is 3.38. The van der Waals surface area contributed by atoms with Gasteiger partial charge >= 0.3 is 0 Å². The minimum atomic E-state index is -1.20. The summed E-state index contributed by atoms with van der Waals surface area (Å²) in [5, 5.41) is 23.2. The van der Waals surface area contributed by atoms with Crippen molar-refractivity contribution >= 4 is 6.08 Å². The molecule has 2 atom stereocenters. The lowest BCUT2D eigenvalue weighted by molar-refractivity contribution is 0.158. The summed E-state index contributed by atoms with van der Waals surface area (Å²) in [6.07, 6.45) is 1.85. The summed E-state index contributed by atoms with van der Waals surface area (Å²) in [5.74, 6) is 0.160. The van der Waals surface area contributed by atoms with Gasteiger partial charge in [-0.25, -0.2) is 4.98 Å². The van der Waals surface area contributed by atoms with Gasteiger partial charge in [0.15, 0.2) is 0 Å². The Hall–Kier alpha value is -2.79. The fourth-order valence-corrected chi connectivity index (χ4v) is 3.38. The van der Waals surface area contributed by atoms with Gasteiger partial charge in [-0.05, 0) is 55.4 Å². The van der Waals surface area contributed by atoms with Crippen molar-refractivity contribution in [1.82, 2.24) is 15.2 Å². The first kappa shape index (κ1) is 25.5. The minimum Gasteiger partial charge on any atom is -0.492 e. The molecule has 1 aromatic heterocycles. The van der Waals surface area contributed by atoms with E-state index in [9.17, 15) is 14.8 Å². The maximum Gasteiger partial charge on any atom is 0.213 e. The molecule has 0 fully saturated rings. The monoisotopic (exact) mass is 440 g/mol. The topological polar surface area (TPSA) is 81.4 Å². The zero-order chi connectivity index (χ0) is 23.3. The number of hydrogen-bond acceptors (Lipinski definition) is 6. The normalized spacial score (nSPS) is 13.6. The van der Waals surface area contributed by atoms with Crippen LogP contribution in [-0.2, 0) is 0 Å². The molecule has 2 aromatic rings. The van der Waals surface area contributed by atoms with Crippen LogP contribution in [0.15, 0.2) is 48.0 Å². The number of nitrogens with one attached hydrogen (secondary N) is 1. The molecule has 0 saturated carbocycles. The number of aliphatic hydroxyl groups excluding tert-OH is 1. The maximum absolute atomic E-state index is 13.3. The van der Waals surface area contributed by atoms with E-state index >= 15 is 0 Å². The molecule has 2 N–H and O–H groups in total. The van der Waals surface area contributed by atoms with Gasteiger partial charge in [0.05, 0.1) is 17.3 Å². The third-order valence-corrected chi connectivity index (χ3v) is 5.25. The molecule has 32 heavy (non-hydrogen) atoms. The summed E-state index contributed by atoms with van der Waals surface area (Å²) in [6.45, 7) is 9.83. The van der Waals surface area contributed by atoms with Gasteiger partial charge in [-0.15, -0.1) is 0 Å². The second-order valence-electron chi connectivity index (χ2n) is 7.45. The number of nitriles is 1. The molecule has 0 aliphatic heterocycles. The van der Waals surface area contributed by atoms with Gasteiger partial charge in [0.2, 0.25) is 5.95 Å². The maximum atomic E-state index is 13.3. The molecule has 2 unspecified atom stereocenters. The second-order valence-corrected chi connectivity index (χ2v) is 7.45. The zero-order valence-corrected chi connectivity index (χ0v) is 19.1. The largest absolute Gasteiger partial charge is 0.492 e. The molecule has 6 nitrogen and oxygen atoms in total. The summed E-state index contributed by atoms with van der Waals surface area (Å²) in [4.78, 5) is 6.03. The average molecular weight is 441 g/mol. The van der Waals surface area contributed by atoms with Crippen LogP contribution in [0.3, 0.4) is 0 Å². The van der Waals surface area contributed by atoms with Crippen LogP contribution < -0.4 is 10.1 Å². The molecule has 0 bridgehead atoms. The number of benzene rings is 1. The molecule has 0 aliphatic carbocycles. The van der Waals surface area contributed by atoms with Gasteiger partial charge in [0.1, 0.15) is 18.6 Å². The van der Waals surface area contributed by atoms with E-state index in [1.807, 2.05) is 30.3 Å². The Balaban J connectivity index is 2.04.